The lowest BCUT2D eigenvalue weighted by molar-refractivity contribution is -0.115. The van der Waals surface area contributed by atoms with Gasteiger partial charge in [0.2, 0.25) is 0 Å². The van der Waals surface area contributed by atoms with E-state index in [-0.39, 0.29) is 11.7 Å². The van der Waals surface area contributed by atoms with Crippen molar-refractivity contribution in [2.75, 3.05) is 6.54 Å². The number of nitrogens with one attached hydrogen (secondary N) is 1. The first-order valence-electron chi connectivity index (χ1n) is 7.17. The van der Waals surface area contributed by atoms with Gasteiger partial charge in [-0.25, -0.2) is 4.39 Å². The molecular formula is C19H18FNO. The number of rotatable bonds is 3. The Morgan fingerprint density at radius 2 is 1.86 bits per heavy atom. The highest BCUT2D eigenvalue weighted by Gasteiger charge is 1.99. The van der Waals surface area contributed by atoms with Crippen LogP contribution >= 0.6 is 0 Å². The maximum atomic E-state index is 12.8. The predicted octanol–water partition coefficient (Wildman–Crippen LogP) is 3.15. The summed E-state index contributed by atoms with van der Waals surface area (Å²) in [6, 6.07) is 12.1. The number of aryl methyl sites for hydroxylation is 1. The lowest BCUT2D eigenvalue weighted by atomic mass is 10.0. The number of carbonyl (C=O) groups is 1. The number of amides is 1. The molecule has 0 fully saturated rings. The molecule has 22 heavy (non-hydrogen) atoms. The molecule has 0 bridgehead atoms. The minimum absolute atomic E-state index is 0.257. The molecule has 0 aliphatic carbocycles. The van der Waals surface area contributed by atoms with Crippen molar-refractivity contribution in [3.8, 4) is 11.8 Å². The Morgan fingerprint density at radius 3 is 2.59 bits per heavy atom. The van der Waals surface area contributed by atoms with Crippen LogP contribution in [0.1, 0.15) is 22.3 Å². The number of halogens is 1. The molecule has 0 spiro atoms. The van der Waals surface area contributed by atoms with Crippen molar-refractivity contribution < 1.29 is 9.18 Å². The van der Waals surface area contributed by atoms with E-state index in [4.69, 9.17) is 0 Å². The van der Waals surface area contributed by atoms with Gasteiger partial charge in [-0.05, 0) is 55.2 Å². The minimum atomic E-state index is -0.303. The van der Waals surface area contributed by atoms with Crippen molar-refractivity contribution in [2.24, 2.45) is 0 Å². The van der Waals surface area contributed by atoms with E-state index in [1.807, 2.05) is 32.0 Å². The van der Waals surface area contributed by atoms with Crippen molar-refractivity contribution >= 4 is 5.91 Å². The van der Waals surface area contributed by atoms with Gasteiger partial charge >= 0.3 is 0 Å². The van der Waals surface area contributed by atoms with Gasteiger partial charge in [0.15, 0.2) is 0 Å². The standard InChI is InChI=1S/C19H18FNO/c1-14-4-3-5-17(15(14)2)8-11-19(22)21-13-12-16-6-9-18(20)10-7-16/h3-7,9-10H,12-13H2,1-2H3,(H,21,22). The number of hydrogen-bond acceptors (Lipinski definition) is 1. The van der Waals surface area contributed by atoms with E-state index in [0.717, 1.165) is 22.3 Å². The fourth-order valence-corrected chi connectivity index (χ4v) is 2.03. The fourth-order valence-electron chi connectivity index (χ4n) is 2.03. The van der Waals surface area contributed by atoms with Crippen molar-refractivity contribution in [3.63, 3.8) is 0 Å². The maximum Gasteiger partial charge on any atom is 0.296 e. The molecule has 2 rings (SSSR count). The van der Waals surface area contributed by atoms with Crippen LogP contribution in [0, 0.1) is 31.5 Å². The monoisotopic (exact) mass is 295 g/mol. The van der Waals surface area contributed by atoms with Gasteiger partial charge in [-0.15, -0.1) is 0 Å². The van der Waals surface area contributed by atoms with Gasteiger partial charge in [0.1, 0.15) is 5.82 Å². The average molecular weight is 295 g/mol. The third-order valence-electron chi connectivity index (χ3n) is 3.53. The Hall–Kier alpha value is -2.60. The Morgan fingerprint density at radius 1 is 1.14 bits per heavy atom. The molecule has 3 heteroatoms. The summed E-state index contributed by atoms with van der Waals surface area (Å²) in [5.41, 5.74) is 4.09. The van der Waals surface area contributed by atoms with Crippen molar-refractivity contribution in [1.29, 1.82) is 0 Å². The van der Waals surface area contributed by atoms with E-state index in [2.05, 4.69) is 17.2 Å². The lowest BCUT2D eigenvalue weighted by Crippen LogP contribution is -2.24. The summed E-state index contributed by atoms with van der Waals surface area (Å²) in [6.07, 6.45) is 0.650. The van der Waals surface area contributed by atoms with Gasteiger partial charge in [0.05, 0.1) is 0 Å². The second-order valence-corrected chi connectivity index (χ2v) is 5.13. The minimum Gasteiger partial charge on any atom is -0.345 e. The van der Waals surface area contributed by atoms with E-state index in [1.54, 1.807) is 12.1 Å². The zero-order valence-corrected chi connectivity index (χ0v) is 12.7. The highest BCUT2D eigenvalue weighted by atomic mass is 19.1. The van der Waals surface area contributed by atoms with E-state index in [0.29, 0.717) is 13.0 Å². The van der Waals surface area contributed by atoms with Crippen LogP contribution in [0.3, 0.4) is 0 Å². The summed E-state index contributed by atoms with van der Waals surface area (Å²) < 4.78 is 12.8. The third kappa shape index (κ3) is 4.46. The van der Waals surface area contributed by atoms with Gasteiger partial charge in [-0.3, -0.25) is 4.79 Å². The second kappa shape index (κ2) is 7.42. The van der Waals surface area contributed by atoms with Crippen LogP contribution in [0.15, 0.2) is 42.5 Å². The lowest BCUT2D eigenvalue weighted by Gasteiger charge is -2.02. The fraction of sp³-hybridized carbons (Fsp3) is 0.211. The third-order valence-corrected chi connectivity index (χ3v) is 3.53. The first kappa shape index (κ1) is 15.8. The SMILES string of the molecule is Cc1cccc(C#CC(=O)NCCc2ccc(F)cc2)c1C. The average Bonchev–Trinajstić information content (AvgIpc) is 2.51. The highest BCUT2D eigenvalue weighted by Crippen LogP contribution is 2.10. The molecule has 0 aliphatic rings. The molecule has 2 aromatic rings. The van der Waals surface area contributed by atoms with Crippen LogP contribution in [0.25, 0.3) is 0 Å². The zero-order valence-electron chi connectivity index (χ0n) is 12.7. The molecule has 0 saturated heterocycles. The molecular weight excluding hydrogens is 277 g/mol. The maximum absolute atomic E-state index is 12.8. The van der Waals surface area contributed by atoms with E-state index >= 15 is 0 Å². The van der Waals surface area contributed by atoms with Gasteiger partial charge in [-0.1, -0.05) is 30.2 Å². The largest absolute Gasteiger partial charge is 0.345 e. The number of benzene rings is 2. The topological polar surface area (TPSA) is 29.1 Å². The van der Waals surface area contributed by atoms with Crippen molar-refractivity contribution in [2.45, 2.75) is 20.3 Å². The smallest absolute Gasteiger partial charge is 0.296 e. The molecule has 2 aromatic carbocycles. The van der Waals surface area contributed by atoms with Crippen LogP contribution in [0.4, 0.5) is 4.39 Å². The van der Waals surface area contributed by atoms with E-state index in [9.17, 15) is 9.18 Å². The number of carbonyl (C=O) groups excluding carboxylic acids is 1. The van der Waals surface area contributed by atoms with Crippen LogP contribution in [0.2, 0.25) is 0 Å². The molecule has 1 N–H and O–H groups in total. The van der Waals surface area contributed by atoms with Crippen LogP contribution < -0.4 is 5.32 Å². The van der Waals surface area contributed by atoms with Gasteiger partial charge in [0, 0.05) is 18.0 Å². The summed E-state index contributed by atoms with van der Waals surface area (Å²) >= 11 is 0. The Bertz CT molecular complexity index is 723. The van der Waals surface area contributed by atoms with Crippen LogP contribution in [-0.2, 0) is 11.2 Å². The second-order valence-electron chi connectivity index (χ2n) is 5.13. The Kier molecular flexibility index (Phi) is 5.32. The molecule has 0 saturated carbocycles. The summed E-state index contributed by atoms with van der Waals surface area (Å²) in [7, 11) is 0. The Labute approximate surface area is 130 Å². The molecule has 2 nitrogen and oxygen atoms in total. The van der Waals surface area contributed by atoms with Gasteiger partial charge in [0.25, 0.3) is 5.91 Å². The first-order chi connectivity index (χ1) is 10.6. The first-order valence-corrected chi connectivity index (χ1v) is 7.17. The zero-order chi connectivity index (χ0) is 15.9. The molecule has 0 aliphatic heterocycles. The quantitative estimate of drug-likeness (QED) is 0.866. The summed E-state index contributed by atoms with van der Waals surface area (Å²) in [5.74, 6) is 4.94. The van der Waals surface area contributed by atoms with Crippen molar-refractivity contribution in [1.82, 2.24) is 5.32 Å². The molecule has 0 unspecified atom stereocenters. The van der Waals surface area contributed by atoms with E-state index in [1.165, 1.54) is 12.1 Å². The summed E-state index contributed by atoms with van der Waals surface area (Å²) in [6.45, 7) is 4.49. The molecule has 0 heterocycles. The summed E-state index contributed by atoms with van der Waals surface area (Å²) in [4.78, 5) is 11.7. The molecule has 0 aromatic heterocycles. The van der Waals surface area contributed by atoms with Gasteiger partial charge < -0.3 is 5.32 Å². The normalized spacial score (nSPS) is 9.77. The van der Waals surface area contributed by atoms with Crippen LogP contribution in [-0.4, -0.2) is 12.5 Å². The highest BCUT2D eigenvalue weighted by molar-refractivity contribution is 5.94. The van der Waals surface area contributed by atoms with Gasteiger partial charge in [-0.2, -0.15) is 0 Å². The van der Waals surface area contributed by atoms with Crippen molar-refractivity contribution in [3.05, 3.63) is 70.5 Å². The number of hydrogen-bond donors (Lipinski definition) is 1. The Balaban J connectivity index is 1.87. The molecule has 0 radical (unpaired) electrons. The molecule has 112 valence electrons. The predicted molar refractivity (Wildman–Crippen MR) is 85.9 cm³/mol. The van der Waals surface area contributed by atoms with E-state index < -0.39 is 0 Å². The van der Waals surface area contributed by atoms with Crippen LogP contribution in [0.5, 0.6) is 0 Å². The summed E-state index contributed by atoms with van der Waals surface area (Å²) in [5, 5.41) is 2.74. The molecule has 0 atom stereocenters. The molecule has 1 amide bonds.